The van der Waals surface area contributed by atoms with Crippen molar-refractivity contribution < 1.29 is 4.74 Å². The molecule has 0 unspecified atom stereocenters. The number of anilines is 1. The number of pyridine rings is 1. The Kier molecular flexibility index (Phi) is 2.76. The van der Waals surface area contributed by atoms with E-state index >= 15 is 0 Å². The van der Waals surface area contributed by atoms with Gasteiger partial charge in [-0.15, -0.1) is 0 Å². The van der Waals surface area contributed by atoms with Crippen molar-refractivity contribution in [2.45, 2.75) is 26.7 Å². The number of ether oxygens (including phenoxy) is 1. The topological polar surface area (TPSA) is 48.1 Å². The molecule has 1 rings (SSSR count). The van der Waals surface area contributed by atoms with Gasteiger partial charge < -0.3 is 10.5 Å². The van der Waals surface area contributed by atoms with E-state index in [2.05, 4.69) is 18.8 Å². The Labute approximate surface area is 78.9 Å². The van der Waals surface area contributed by atoms with Crippen LogP contribution >= 0.6 is 0 Å². The van der Waals surface area contributed by atoms with Gasteiger partial charge >= 0.3 is 0 Å². The Balaban J connectivity index is 3.25. The van der Waals surface area contributed by atoms with Crippen molar-refractivity contribution in [2.24, 2.45) is 0 Å². The van der Waals surface area contributed by atoms with Gasteiger partial charge in [-0.05, 0) is 24.5 Å². The number of rotatable bonds is 2. The van der Waals surface area contributed by atoms with Crippen molar-refractivity contribution in [1.29, 1.82) is 0 Å². The van der Waals surface area contributed by atoms with Crippen molar-refractivity contribution in [2.75, 3.05) is 12.8 Å². The molecule has 0 radical (unpaired) electrons. The highest BCUT2D eigenvalue weighted by molar-refractivity contribution is 5.46. The minimum absolute atomic E-state index is 0.331. The number of hydrogen-bond donors (Lipinski definition) is 1. The molecule has 13 heavy (non-hydrogen) atoms. The van der Waals surface area contributed by atoms with Gasteiger partial charge in [0.25, 0.3) is 0 Å². The monoisotopic (exact) mass is 180 g/mol. The Morgan fingerprint density at radius 1 is 1.46 bits per heavy atom. The first-order valence-electron chi connectivity index (χ1n) is 4.37. The molecular weight excluding hydrogens is 164 g/mol. The number of methoxy groups -OCH3 is 1. The molecule has 72 valence electrons. The summed E-state index contributed by atoms with van der Waals surface area (Å²) in [5.74, 6) is 1.74. The highest BCUT2D eigenvalue weighted by atomic mass is 16.5. The summed E-state index contributed by atoms with van der Waals surface area (Å²) in [4.78, 5) is 4.30. The van der Waals surface area contributed by atoms with E-state index in [0.29, 0.717) is 11.7 Å². The molecule has 3 nitrogen and oxygen atoms in total. The third-order valence-corrected chi connectivity index (χ3v) is 2.01. The standard InChI is InChI=1S/C10H16N2O/c1-6(2)9-8(13-4)5-7(3)10(11)12-9/h5-6H,1-4H3,(H2,11,12). The first-order valence-corrected chi connectivity index (χ1v) is 4.37. The first kappa shape index (κ1) is 9.84. The van der Waals surface area contributed by atoms with Crippen LogP contribution in [0.4, 0.5) is 5.82 Å². The average Bonchev–Trinajstić information content (AvgIpc) is 2.08. The minimum atomic E-state index is 0.331. The molecule has 0 aliphatic carbocycles. The fraction of sp³-hybridized carbons (Fsp3) is 0.500. The van der Waals surface area contributed by atoms with Crippen LogP contribution in [0.2, 0.25) is 0 Å². The van der Waals surface area contributed by atoms with Crippen LogP contribution in [-0.2, 0) is 0 Å². The van der Waals surface area contributed by atoms with Gasteiger partial charge in [-0.2, -0.15) is 0 Å². The van der Waals surface area contributed by atoms with Gasteiger partial charge in [0, 0.05) is 0 Å². The molecule has 0 spiro atoms. The lowest BCUT2D eigenvalue weighted by Crippen LogP contribution is -2.03. The van der Waals surface area contributed by atoms with Gasteiger partial charge in [0.2, 0.25) is 0 Å². The number of nitrogens with zero attached hydrogens (tertiary/aromatic N) is 1. The van der Waals surface area contributed by atoms with Gasteiger partial charge in [0.15, 0.2) is 0 Å². The second-order valence-electron chi connectivity index (χ2n) is 3.43. The van der Waals surface area contributed by atoms with Crippen molar-refractivity contribution in [1.82, 2.24) is 4.98 Å². The van der Waals surface area contributed by atoms with Crippen LogP contribution in [0.5, 0.6) is 5.75 Å². The van der Waals surface area contributed by atoms with Crippen molar-refractivity contribution in [3.05, 3.63) is 17.3 Å². The van der Waals surface area contributed by atoms with Crippen LogP contribution in [0.3, 0.4) is 0 Å². The average molecular weight is 180 g/mol. The molecule has 0 bridgehead atoms. The van der Waals surface area contributed by atoms with E-state index in [1.165, 1.54) is 0 Å². The third-order valence-electron chi connectivity index (χ3n) is 2.01. The maximum atomic E-state index is 5.72. The van der Waals surface area contributed by atoms with Gasteiger partial charge in [-0.25, -0.2) is 4.98 Å². The predicted molar refractivity (Wildman–Crippen MR) is 54.0 cm³/mol. The number of aromatic nitrogens is 1. The number of nitrogens with two attached hydrogens (primary N) is 1. The zero-order chi connectivity index (χ0) is 10.0. The van der Waals surface area contributed by atoms with Crippen LogP contribution < -0.4 is 10.5 Å². The number of nitrogen functional groups attached to an aromatic ring is 1. The highest BCUT2D eigenvalue weighted by Crippen LogP contribution is 2.27. The van der Waals surface area contributed by atoms with Crippen LogP contribution in [0, 0.1) is 6.92 Å². The lowest BCUT2D eigenvalue weighted by molar-refractivity contribution is 0.404. The summed E-state index contributed by atoms with van der Waals surface area (Å²) >= 11 is 0. The number of aryl methyl sites for hydroxylation is 1. The molecular formula is C10H16N2O. The normalized spacial score (nSPS) is 10.5. The van der Waals surface area contributed by atoms with E-state index < -0.39 is 0 Å². The van der Waals surface area contributed by atoms with Gasteiger partial charge in [-0.1, -0.05) is 13.8 Å². The Morgan fingerprint density at radius 2 is 2.08 bits per heavy atom. The molecule has 1 aromatic heterocycles. The first-order chi connectivity index (χ1) is 6.06. The maximum Gasteiger partial charge on any atom is 0.141 e. The smallest absolute Gasteiger partial charge is 0.141 e. The molecule has 0 aliphatic rings. The van der Waals surface area contributed by atoms with Crippen molar-refractivity contribution >= 4 is 5.82 Å². The quantitative estimate of drug-likeness (QED) is 0.758. The molecule has 0 amide bonds. The van der Waals surface area contributed by atoms with E-state index in [4.69, 9.17) is 10.5 Å². The van der Waals surface area contributed by atoms with E-state index in [0.717, 1.165) is 17.0 Å². The second-order valence-corrected chi connectivity index (χ2v) is 3.43. The van der Waals surface area contributed by atoms with Crippen LogP contribution in [-0.4, -0.2) is 12.1 Å². The van der Waals surface area contributed by atoms with Crippen molar-refractivity contribution in [3.8, 4) is 5.75 Å². The minimum Gasteiger partial charge on any atom is -0.495 e. The maximum absolute atomic E-state index is 5.72. The molecule has 0 saturated heterocycles. The van der Waals surface area contributed by atoms with Crippen LogP contribution in [0.1, 0.15) is 31.0 Å². The second kappa shape index (κ2) is 3.64. The van der Waals surface area contributed by atoms with Crippen LogP contribution in [0.15, 0.2) is 6.07 Å². The lowest BCUT2D eigenvalue weighted by atomic mass is 10.1. The summed E-state index contributed by atoms with van der Waals surface area (Å²) in [7, 11) is 1.65. The zero-order valence-electron chi connectivity index (χ0n) is 8.59. The summed E-state index contributed by atoms with van der Waals surface area (Å²) in [6, 6.07) is 1.93. The van der Waals surface area contributed by atoms with E-state index in [9.17, 15) is 0 Å². The number of hydrogen-bond acceptors (Lipinski definition) is 3. The van der Waals surface area contributed by atoms with Crippen LogP contribution in [0.25, 0.3) is 0 Å². The molecule has 2 N–H and O–H groups in total. The predicted octanol–water partition coefficient (Wildman–Crippen LogP) is 2.10. The Bertz CT molecular complexity index is 308. The van der Waals surface area contributed by atoms with Gasteiger partial charge in [-0.3, -0.25) is 0 Å². The summed E-state index contributed by atoms with van der Waals surface area (Å²) in [5.41, 5.74) is 7.60. The zero-order valence-corrected chi connectivity index (χ0v) is 8.59. The van der Waals surface area contributed by atoms with E-state index in [1.807, 2.05) is 13.0 Å². The molecule has 0 saturated carbocycles. The van der Waals surface area contributed by atoms with E-state index in [-0.39, 0.29) is 0 Å². The summed E-state index contributed by atoms with van der Waals surface area (Å²) < 4.78 is 5.22. The fourth-order valence-electron chi connectivity index (χ4n) is 1.19. The molecule has 0 atom stereocenters. The molecule has 0 aliphatic heterocycles. The third kappa shape index (κ3) is 1.91. The van der Waals surface area contributed by atoms with Gasteiger partial charge in [0.05, 0.1) is 12.8 Å². The largest absolute Gasteiger partial charge is 0.495 e. The van der Waals surface area contributed by atoms with Crippen molar-refractivity contribution in [3.63, 3.8) is 0 Å². The Hall–Kier alpha value is -1.25. The van der Waals surface area contributed by atoms with E-state index in [1.54, 1.807) is 7.11 Å². The van der Waals surface area contributed by atoms with Gasteiger partial charge in [0.1, 0.15) is 11.6 Å². The molecule has 1 aromatic rings. The molecule has 3 heteroatoms. The Morgan fingerprint density at radius 3 is 2.54 bits per heavy atom. The lowest BCUT2D eigenvalue weighted by Gasteiger charge is -2.12. The summed E-state index contributed by atoms with van der Waals surface area (Å²) in [5, 5.41) is 0. The summed E-state index contributed by atoms with van der Waals surface area (Å²) in [6.45, 7) is 6.06. The molecule has 0 fully saturated rings. The molecule has 1 heterocycles. The SMILES string of the molecule is COc1cc(C)c(N)nc1C(C)C. The fourth-order valence-corrected chi connectivity index (χ4v) is 1.19. The highest BCUT2D eigenvalue weighted by Gasteiger charge is 2.10. The summed E-state index contributed by atoms with van der Waals surface area (Å²) in [6.07, 6.45) is 0. The molecule has 0 aromatic carbocycles.